The molecule has 0 atom stereocenters. The smallest absolute Gasteiger partial charge is 0.158 e. The third-order valence-electron chi connectivity index (χ3n) is 3.70. The molecule has 1 aliphatic rings. The minimum atomic E-state index is 0.810. The molecule has 5 heteroatoms. The lowest BCUT2D eigenvalue weighted by molar-refractivity contribution is 0.724. The number of hydrogen-bond donors (Lipinski definition) is 1. The molecule has 20 heavy (non-hydrogen) atoms. The molecule has 0 amide bonds. The molecule has 5 nitrogen and oxygen atoms in total. The van der Waals surface area contributed by atoms with Crippen molar-refractivity contribution in [3.05, 3.63) is 30.1 Å². The summed E-state index contributed by atoms with van der Waals surface area (Å²) in [6, 6.07) is 8.64. The first-order valence-corrected chi connectivity index (χ1v) is 7.18. The van der Waals surface area contributed by atoms with E-state index in [0.717, 1.165) is 43.4 Å². The Kier molecular flexibility index (Phi) is 3.69. The van der Waals surface area contributed by atoms with Gasteiger partial charge in [0.1, 0.15) is 5.82 Å². The Labute approximate surface area is 119 Å². The van der Waals surface area contributed by atoms with Crippen LogP contribution in [0.15, 0.2) is 24.3 Å². The highest BCUT2D eigenvalue weighted by atomic mass is 15.3. The van der Waals surface area contributed by atoms with Crippen molar-refractivity contribution in [2.45, 2.75) is 13.3 Å². The van der Waals surface area contributed by atoms with Gasteiger partial charge in [0.15, 0.2) is 5.82 Å². The van der Waals surface area contributed by atoms with Gasteiger partial charge in [0.25, 0.3) is 0 Å². The molecule has 0 bridgehead atoms. The SMILES string of the molecule is Cc1nc(-c2ccc(N3CCCNCC3)cc2)n(C)n1. The molecule has 2 heterocycles. The second-order valence-corrected chi connectivity index (χ2v) is 5.24. The van der Waals surface area contributed by atoms with Crippen LogP contribution in [-0.2, 0) is 7.05 Å². The number of rotatable bonds is 2. The van der Waals surface area contributed by atoms with E-state index in [-0.39, 0.29) is 0 Å². The molecular formula is C15H21N5. The summed E-state index contributed by atoms with van der Waals surface area (Å²) in [5, 5.41) is 7.73. The maximum absolute atomic E-state index is 4.47. The van der Waals surface area contributed by atoms with Crippen molar-refractivity contribution < 1.29 is 0 Å². The molecule has 0 unspecified atom stereocenters. The van der Waals surface area contributed by atoms with E-state index >= 15 is 0 Å². The van der Waals surface area contributed by atoms with Gasteiger partial charge in [-0.3, -0.25) is 0 Å². The highest BCUT2D eigenvalue weighted by Crippen LogP contribution is 2.22. The molecule has 1 aromatic carbocycles. The van der Waals surface area contributed by atoms with Gasteiger partial charge < -0.3 is 10.2 Å². The first-order chi connectivity index (χ1) is 9.74. The highest BCUT2D eigenvalue weighted by Gasteiger charge is 2.11. The van der Waals surface area contributed by atoms with Crippen molar-refractivity contribution in [2.24, 2.45) is 7.05 Å². The van der Waals surface area contributed by atoms with E-state index in [1.165, 1.54) is 12.1 Å². The van der Waals surface area contributed by atoms with Crippen LogP contribution in [0.25, 0.3) is 11.4 Å². The molecule has 0 saturated carbocycles. The van der Waals surface area contributed by atoms with E-state index in [4.69, 9.17) is 0 Å². The van der Waals surface area contributed by atoms with E-state index in [0.29, 0.717) is 0 Å². The average molecular weight is 271 g/mol. The van der Waals surface area contributed by atoms with Gasteiger partial charge in [-0.2, -0.15) is 5.10 Å². The third-order valence-corrected chi connectivity index (χ3v) is 3.70. The van der Waals surface area contributed by atoms with Gasteiger partial charge >= 0.3 is 0 Å². The number of aryl methyl sites for hydroxylation is 2. The van der Waals surface area contributed by atoms with Crippen LogP contribution in [0.3, 0.4) is 0 Å². The minimum absolute atomic E-state index is 0.810. The van der Waals surface area contributed by atoms with Crippen molar-refractivity contribution in [1.82, 2.24) is 20.1 Å². The summed E-state index contributed by atoms with van der Waals surface area (Å²) >= 11 is 0. The Balaban J connectivity index is 1.82. The lowest BCUT2D eigenvalue weighted by Crippen LogP contribution is -2.27. The molecule has 3 rings (SSSR count). The average Bonchev–Trinajstić information content (AvgIpc) is 2.68. The summed E-state index contributed by atoms with van der Waals surface area (Å²) in [5.74, 6) is 1.73. The van der Waals surface area contributed by atoms with Gasteiger partial charge in [0.05, 0.1) is 0 Å². The predicted molar refractivity (Wildman–Crippen MR) is 80.9 cm³/mol. The van der Waals surface area contributed by atoms with Crippen molar-refractivity contribution in [1.29, 1.82) is 0 Å². The lowest BCUT2D eigenvalue weighted by Gasteiger charge is -2.22. The van der Waals surface area contributed by atoms with E-state index < -0.39 is 0 Å². The van der Waals surface area contributed by atoms with Crippen LogP contribution >= 0.6 is 0 Å². The fraction of sp³-hybridized carbons (Fsp3) is 0.467. The van der Waals surface area contributed by atoms with E-state index in [9.17, 15) is 0 Å². The van der Waals surface area contributed by atoms with Crippen LogP contribution in [0.1, 0.15) is 12.2 Å². The van der Waals surface area contributed by atoms with Crippen molar-refractivity contribution >= 4 is 5.69 Å². The van der Waals surface area contributed by atoms with Crippen molar-refractivity contribution in [3.8, 4) is 11.4 Å². The topological polar surface area (TPSA) is 46.0 Å². The van der Waals surface area contributed by atoms with Crippen LogP contribution in [0, 0.1) is 6.92 Å². The van der Waals surface area contributed by atoms with Crippen molar-refractivity contribution in [2.75, 3.05) is 31.1 Å². The number of aromatic nitrogens is 3. The summed E-state index contributed by atoms with van der Waals surface area (Å²) in [6.45, 7) is 6.29. The molecule has 1 N–H and O–H groups in total. The van der Waals surface area contributed by atoms with Gasteiger partial charge in [0, 0.05) is 37.9 Å². The predicted octanol–water partition coefficient (Wildman–Crippen LogP) is 1.59. The normalized spacial score (nSPS) is 16.2. The molecule has 106 valence electrons. The Morgan fingerprint density at radius 3 is 2.60 bits per heavy atom. The molecular weight excluding hydrogens is 250 g/mol. The lowest BCUT2D eigenvalue weighted by atomic mass is 10.2. The van der Waals surface area contributed by atoms with Crippen LogP contribution < -0.4 is 10.2 Å². The van der Waals surface area contributed by atoms with Crippen molar-refractivity contribution in [3.63, 3.8) is 0 Å². The van der Waals surface area contributed by atoms with E-state index in [2.05, 4.69) is 44.6 Å². The summed E-state index contributed by atoms with van der Waals surface area (Å²) in [6.07, 6.45) is 1.20. The fourth-order valence-electron chi connectivity index (χ4n) is 2.69. The maximum atomic E-state index is 4.47. The van der Waals surface area contributed by atoms with Crippen LogP contribution in [0.5, 0.6) is 0 Å². The number of nitrogens with zero attached hydrogens (tertiary/aromatic N) is 4. The fourth-order valence-corrected chi connectivity index (χ4v) is 2.69. The summed E-state index contributed by atoms with van der Waals surface area (Å²) < 4.78 is 1.83. The molecule has 1 fully saturated rings. The largest absolute Gasteiger partial charge is 0.370 e. The molecule has 2 aromatic rings. The molecule has 0 radical (unpaired) electrons. The first kappa shape index (κ1) is 13.1. The van der Waals surface area contributed by atoms with E-state index in [1.54, 1.807) is 0 Å². The number of anilines is 1. The number of hydrogen-bond acceptors (Lipinski definition) is 4. The van der Waals surface area contributed by atoms with Crippen LogP contribution in [-0.4, -0.2) is 40.9 Å². The quantitative estimate of drug-likeness (QED) is 0.901. The molecule has 1 aromatic heterocycles. The monoisotopic (exact) mass is 271 g/mol. The highest BCUT2D eigenvalue weighted by molar-refractivity contribution is 5.60. The van der Waals surface area contributed by atoms with Gasteiger partial charge in [0.2, 0.25) is 0 Å². The first-order valence-electron chi connectivity index (χ1n) is 7.18. The van der Waals surface area contributed by atoms with Gasteiger partial charge in [-0.25, -0.2) is 9.67 Å². The summed E-state index contributed by atoms with van der Waals surface area (Å²) in [4.78, 5) is 6.90. The maximum Gasteiger partial charge on any atom is 0.158 e. The Morgan fingerprint density at radius 2 is 1.90 bits per heavy atom. The Morgan fingerprint density at radius 1 is 1.10 bits per heavy atom. The third kappa shape index (κ3) is 2.67. The molecule has 0 aliphatic carbocycles. The van der Waals surface area contributed by atoms with Gasteiger partial charge in [-0.1, -0.05) is 0 Å². The van der Waals surface area contributed by atoms with Gasteiger partial charge in [-0.05, 0) is 44.2 Å². The van der Waals surface area contributed by atoms with Crippen LogP contribution in [0.2, 0.25) is 0 Å². The second-order valence-electron chi connectivity index (χ2n) is 5.24. The van der Waals surface area contributed by atoms with Gasteiger partial charge in [-0.15, -0.1) is 0 Å². The standard InChI is InChI=1S/C15H21N5/c1-12-17-15(19(2)18-12)13-4-6-14(7-5-13)20-10-3-8-16-9-11-20/h4-7,16H,3,8-11H2,1-2H3. The second kappa shape index (κ2) is 5.63. The zero-order chi connectivity index (χ0) is 13.9. The molecule has 1 saturated heterocycles. The van der Waals surface area contributed by atoms with E-state index in [1.807, 2.05) is 18.7 Å². The molecule has 1 aliphatic heterocycles. The minimum Gasteiger partial charge on any atom is -0.370 e. The molecule has 0 spiro atoms. The zero-order valence-electron chi connectivity index (χ0n) is 12.1. The summed E-state index contributed by atoms with van der Waals surface area (Å²) in [5.41, 5.74) is 2.40. The van der Waals surface area contributed by atoms with Crippen LogP contribution in [0.4, 0.5) is 5.69 Å². The number of nitrogens with one attached hydrogen (secondary N) is 1. The Hall–Kier alpha value is -1.88. The summed E-state index contributed by atoms with van der Waals surface area (Å²) in [7, 11) is 1.93. The number of benzene rings is 1. The zero-order valence-corrected chi connectivity index (χ0v) is 12.1. The Bertz CT molecular complexity index is 564.